The van der Waals surface area contributed by atoms with E-state index in [4.69, 9.17) is 5.41 Å². The van der Waals surface area contributed by atoms with Gasteiger partial charge in [0.1, 0.15) is 11.6 Å². The Hall–Kier alpha value is -3.76. The molecule has 0 saturated carbocycles. The van der Waals surface area contributed by atoms with E-state index < -0.39 is 41.0 Å². The fourth-order valence-corrected chi connectivity index (χ4v) is 2.28. The van der Waals surface area contributed by atoms with E-state index in [1.165, 1.54) is 24.5 Å². The second-order valence-corrected chi connectivity index (χ2v) is 4.87. The van der Waals surface area contributed by atoms with Crippen LogP contribution >= 0.6 is 0 Å². The van der Waals surface area contributed by atoms with Gasteiger partial charge < -0.3 is 9.84 Å². The number of carbonyl (C=O) groups is 3. The van der Waals surface area contributed by atoms with E-state index in [9.17, 15) is 19.5 Å². The Balaban J connectivity index is 2.13. The number of hydrogen-bond acceptors (Lipinski definition) is 9. The van der Waals surface area contributed by atoms with Crippen LogP contribution in [0.5, 0.6) is 5.88 Å². The molecule has 1 aliphatic rings. The quantitative estimate of drug-likeness (QED) is 0.347. The molecule has 0 fully saturated rings. The molecule has 0 aliphatic carbocycles. The largest absolute Gasteiger partial charge is 0.493 e. The number of ether oxygens (including phenoxy) is 1. The maximum absolute atomic E-state index is 12.7. The van der Waals surface area contributed by atoms with Crippen LogP contribution in [-0.2, 0) is 14.3 Å². The molecule has 0 spiro atoms. The summed E-state index contributed by atoms with van der Waals surface area (Å²) in [4.78, 5) is 44.4. The first-order valence-corrected chi connectivity index (χ1v) is 6.84. The number of imidazole rings is 1. The minimum Gasteiger partial charge on any atom is -0.493 e. The van der Waals surface area contributed by atoms with Gasteiger partial charge in [-0.05, 0) is 12.1 Å². The van der Waals surface area contributed by atoms with Gasteiger partial charge in [-0.25, -0.2) is 14.3 Å². The molecule has 25 heavy (non-hydrogen) atoms. The van der Waals surface area contributed by atoms with Gasteiger partial charge in [-0.15, -0.1) is 10.2 Å². The van der Waals surface area contributed by atoms with Crippen molar-refractivity contribution in [2.75, 3.05) is 7.11 Å². The Morgan fingerprint density at radius 1 is 1.24 bits per heavy atom. The highest BCUT2D eigenvalue weighted by Gasteiger charge is 2.40. The lowest BCUT2D eigenvalue weighted by atomic mass is 9.91. The molecule has 3 rings (SSSR count). The van der Waals surface area contributed by atoms with Gasteiger partial charge in [-0.1, -0.05) is 0 Å². The van der Waals surface area contributed by atoms with Crippen molar-refractivity contribution >= 4 is 29.4 Å². The molecule has 11 nitrogen and oxygen atoms in total. The molecular weight excluding hydrogens is 332 g/mol. The summed E-state index contributed by atoms with van der Waals surface area (Å²) >= 11 is 0. The number of hydrogen-bond donors (Lipinski definition) is 2. The number of methoxy groups -OCH3 is 1. The number of rotatable bonds is 5. The second-order valence-electron chi connectivity index (χ2n) is 4.87. The van der Waals surface area contributed by atoms with Crippen LogP contribution in [0, 0.1) is 5.41 Å². The molecule has 1 atom stereocenters. The summed E-state index contributed by atoms with van der Waals surface area (Å²) in [6.07, 6.45) is 2.67. The molecule has 2 N–H and O–H groups in total. The number of esters is 1. The van der Waals surface area contributed by atoms with E-state index in [-0.39, 0.29) is 11.5 Å². The summed E-state index contributed by atoms with van der Waals surface area (Å²) in [7, 11) is 0.991. The number of azo groups is 1. The summed E-state index contributed by atoms with van der Waals surface area (Å²) in [5.41, 5.74) is -0.322. The lowest BCUT2D eigenvalue weighted by Crippen LogP contribution is -2.30. The van der Waals surface area contributed by atoms with E-state index in [0.717, 1.165) is 11.7 Å². The van der Waals surface area contributed by atoms with E-state index in [2.05, 4.69) is 24.9 Å². The van der Waals surface area contributed by atoms with Gasteiger partial charge >= 0.3 is 5.97 Å². The number of Topliss-reactive ketones (excluding diaryl/α,β-unsaturated/α-hetero) is 2. The van der Waals surface area contributed by atoms with E-state index >= 15 is 0 Å². The first kappa shape index (κ1) is 16.1. The van der Waals surface area contributed by atoms with Crippen LogP contribution in [0.15, 0.2) is 34.8 Å². The summed E-state index contributed by atoms with van der Waals surface area (Å²) in [6.45, 7) is 0. The average Bonchev–Trinajstić information content (AvgIpc) is 3.15. The Morgan fingerprint density at radius 2 is 1.92 bits per heavy atom. The van der Waals surface area contributed by atoms with Gasteiger partial charge in [-0.2, -0.15) is 0 Å². The van der Waals surface area contributed by atoms with Crippen molar-refractivity contribution in [2.24, 2.45) is 10.2 Å². The normalized spacial score (nSPS) is 13.4. The van der Waals surface area contributed by atoms with Crippen molar-refractivity contribution in [3.05, 3.63) is 35.8 Å². The van der Waals surface area contributed by atoms with Crippen molar-refractivity contribution in [2.45, 2.75) is 5.92 Å². The lowest BCUT2D eigenvalue weighted by Gasteiger charge is -2.12. The maximum atomic E-state index is 12.7. The van der Waals surface area contributed by atoms with Crippen LogP contribution in [0.3, 0.4) is 0 Å². The zero-order chi connectivity index (χ0) is 18.1. The second kappa shape index (κ2) is 6.03. The SMILES string of the molecule is COC(=O)C(=O)C(C(=O)c1ccncc1)c1nc2n(c1O)C(=N)N=N2. The molecule has 1 unspecified atom stereocenters. The molecule has 2 aromatic heterocycles. The third kappa shape index (κ3) is 2.56. The van der Waals surface area contributed by atoms with Crippen molar-refractivity contribution in [1.29, 1.82) is 5.41 Å². The van der Waals surface area contributed by atoms with Gasteiger partial charge in [-0.3, -0.25) is 20.0 Å². The molecule has 3 heterocycles. The zero-order valence-electron chi connectivity index (χ0n) is 12.7. The van der Waals surface area contributed by atoms with E-state index in [0.29, 0.717) is 0 Å². The van der Waals surface area contributed by atoms with Crippen LogP contribution < -0.4 is 0 Å². The number of nitrogens with one attached hydrogen (secondary N) is 1. The van der Waals surface area contributed by atoms with Crippen molar-refractivity contribution < 1.29 is 24.2 Å². The van der Waals surface area contributed by atoms with Crippen LogP contribution in [0.2, 0.25) is 0 Å². The average molecular weight is 342 g/mol. The Kier molecular flexibility index (Phi) is 3.89. The van der Waals surface area contributed by atoms with Gasteiger partial charge in [0.2, 0.25) is 5.88 Å². The molecular formula is C14H10N6O5. The van der Waals surface area contributed by atoms with Crippen LogP contribution in [0.4, 0.5) is 5.95 Å². The van der Waals surface area contributed by atoms with Crippen LogP contribution in [0.25, 0.3) is 0 Å². The number of fused-ring (bicyclic) bond motifs is 1. The molecule has 0 radical (unpaired) electrons. The number of aromatic hydroxyl groups is 1. The van der Waals surface area contributed by atoms with Crippen LogP contribution in [0.1, 0.15) is 22.0 Å². The van der Waals surface area contributed by atoms with E-state index in [1.807, 2.05) is 0 Å². The van der Waals surface area contributed by atoms with Gasteiger partial charge in [0, 0.05) is 18.0 Å². The highest BCUT2D eigenvalue weighted by atomic mass is 16.5. The highest BCUT2D eigenvalue weighted by molar-refractivity contribution is 6.41. The smallest absolute Gasteiger partial charge is 0.375 e. The van der Waals surface area contributed by atoms with Gasteiger partial charge in [0.15, 0.2) is 5.78 Å². The van der Waals surface area contributed by atoms with Gasteiger partial charge in [0.25, 0.3) is 17.7 Å². The number of ketones is 2. The van der Waals surface area contributed by atoms with Crippen molar-refractivity contribution in [1.82, 2.24) is 14.5 Å². The number of aromatic nitrogens is 3. The molecule has 1 aliphatic heterocycles. The Labute approximate surface area is 139 Å². The summed E-state index contributed by atoms with van der Waals surface area (Å²) in [6, 6.07) is 2.70. The number of carbonyl (C=O) groups excluding carboxylic acids is 3. The van der Waals surface area contributed by atoms with E-state index in [1.54, 1.807) is 0 Å². The fraction of sp³-hybridized carbons (Fsp3) is 0.143. The maximum Gasteiger partial charge on any atom is 0.375 e. The standard InChI is InChI=1S/C14H10N6O5/c1-25-12(24)10(22)7(9(21)6-2-4-16-5-3-6)8-11(23)20-13(15)18-19-14(20)17-8/h2-5,7,15,23H,1H3. The predicted molar refractivity (Wildman–Crippen MR) is 79.9 cm³/mol. The van der Waals surface area contributed by atoms with Crippen molar-refractivity contribution in [3.8, 4) is 5.88 Å². The van der Waals surface area contributed by atoms with Crippen molar-refractivity contribution in [3.63, 3.8) is 0 Å². The summed E-state index contributed by atoms with van der Waals surface area (Å²) in [5.74, 6) is -6.30. The minimum absolute atomic E-state index is 0.0847. The molecule has 126 valence electrons. The topological polar surface area (TPSA) is 160 Å². The first-order valence-electron chi connectivity index (χ1n) is 6.84. The Morgan fingerprint density at radius 3 is 2.52 bits per heavy atom. The van der Waals surface area contributed by atoms with Gasteiger partial charge in [0.05, 0.1) is 7.11 Å². The number of pyridine rings is 1. The first-order chi connectivity index (χ1) is 12.0. The predicted octanol–water partition coefficient (Wildman–Crippen LogP) is 0.572. The molecule has 0 bridgehead atoms. The zero-order valence-corrected chi connectivity index (χ0v) is 12.7. The number of nitrogens with zero attached hydrogens (tertiary/aromatic N) is 5. The lowest BCUT2D eigenvalue weighted by molar-refractivity contribution is -0.151. The fourth-order valence-electron chi connectivity index (χ4n) is 2.28. The summed E-state index contributed by atoms with van der Waals surface area (Å²) in [5, 5.41) is 24.8. The third-order valence-corrected chi connectivity index (χ3v) is 3.46. The third-order valence-electron chi connectivity index (χ3n) is 3.46. The monoisotopic (exact) mass is 342 g/mol. The molecule has 0 aromatic carbocycles. The molecule has 0 amide bonds. The molecule has 0 saturated heterocycles. The molecule has 2 aromatic rings. The minimum atomic E-state index is -1.75. The summed E-state index contributed by atoms with van der Waals surface area (Å²) < 4.78 is 5.23. The van der Waals surface area contributed by atoms with Crippen LogP contribution in [-0.4, -0.2) is 50.2 Å². The molecule has 11 heteroatoms. The highest BCUT2D eigenvalue weighted by Crippen LogP contribution is 2.35. The Bertz CT molecular complexity index is 933.